The van der Waals surface area contributed by atoms with E-state index in [1.54, 1.807) is 18.6 Å². The van der Waals surface area contributed by atoms with Gasteiger partial charge >= 0.3 is 0 Å². The highest BCUT2D eigenvalue weighted by Crippen LogP contribution is 2.15. The van der Waals surface area contributed by atoms with Crippen molar-refractivity contribution in [2.75, 3.05) is 11.9 Å². The maximum absolute atomic E-state index is 12.3. The molecule has 148 valence electrons. The van der Waals surface area contributed by atoms with Crippen molar-refractivity contribution in [3.05, 3.63) is 72.6 Å². The normalized spacial score (nSPS) is 11.6. The molecule has 28 heavy (non-hydrogen) atoms. The molecule has 8 nitrogen and oxygen atoms in total. The highest BCUT2D eigenvalue weighted by Gasteiger charge is 2.14. The minimum absolute atomic E-state index is 0.0532. The predicted molar refractivity (Wildman–Crippen MR) is 103 cm³/mol. The van der Waals surface area contributed by atoms with Crippen LogP contribution in [0.25, 0.3) is 0 Å². The zero-order chi connectivity index (χ0) is 20.0. The Hall–Kier alpha value is -2.88. The Kier molecular flexibility index (Phi) is 6.30. The molecule has 0 aliphatic carbocycles. The molecule has 0 radical (unpaired) electrons. The van der Waals surface area contributed by atoms with E-state index in [4.69, 9.17) is 14.0 Å². The second-order valence-corrected chi connectivity index (χ2v) is 7.80. The maximum Gasteiger partial charge on any atom is 0.238 e. The molecule has 0 fully saturated rings. The smallest absolute Gasteiger partial charge is 0.238 e. The fourth-order valence-corrected chi connectivity index (χ4v) is 3.25. The maximum atomic E-state index is 12.3. The number of carbonyl (C=O) groups excluding carboxylic acids is 1. The number of furan rings is 2. The van der Waals surface area contributed by atoms with Crippen molar-refractivity contribution in [1.29, 1.82) is 0 Å². The van der Waals surface area contributed by atoms with Gasteiger partial charge < -0.3 is 14.2 Å². The lowest BCUT2D eigenvalue weighted by atomic mass is 10.2. The molecule has 0 aliphatic rings. The molecular formula is C19H21N3O5S. The van der Waals surface area contributed by atoms with Crippen molar-refractivity contribution < 1.29 is 22.0 Å². The number of nitrogens with two attached hydrogens (primary N) is 1. The zero-order valence-electron chi connectivity index (χ0n) is 15.1. The summed E-state index contributed by atoms with van der Waals surface area (Å²) in [6.07, 6.45) is 3.41. The number of benzene rings is 1. The molecule has 0 saturated heterocycles. The van der Waals surface area contributed by atoms with E-state index in [1.165, 1.54) is 18.2 Å². The van der Waals surface area contributed by atoms with Gasteiger partial charge in [0.2, 0.25) is 15.9 Å². The first-order valence-electron chi connectivity index (χ1n) is 8.60. The van der Waals surface area contributed by atoms with Gasteiger partial charge in [0.1, 0.15) is 11.5 Å². The average Bonchev–Trinajstić information content (AvgIpc) is 3.33. The third-order valence-corrected chi connectivity index (χ3v) is 4.93. The highest BCUT2D eigenvalue weighted by molar-refractivity contribution is 7.89. The quantitative estimate of drug-likeness (QED) is 0.567. The number of hydrogen-bond donors (Lipinski definition) is 2. The van der Waals surface area contributed by atoms with Crippen LogP contribution >= 0.6 is 0 Å². The van der Waals surface area contributed by atoms with Gasteiger partial charge in [-0.15, -0.1) is 0 Å². The molecule has 0 atom stereocenters. The van der Waals surface area contributed by atoms with Gasteiger partial charge in [-0.05, 0) is 42.5 Å². The van der Waals surface area contributed by atoms with Crippen LogP contribution in [0, 0.1) is 0 Å². The molecule has 0 spiro atoms. The minimum Gasteiger partial charge on any atom is -0.468 e. The Balaban J connectivity index is 1.60. The van der Waals surface area contributed by atoms with Crippen LogP contribution in [-0.2, 0) is 27.9 Å². The first-order valence-corrected chi connectivity index (χ1v) is 10.1. The number of amides is 1. The molecule has 3 aromatic rings. The Morgan fingerprint density at radius 1 is 1.00 bits per heavy atom. The van der Waals surface area contributed by atoms with Gasteiger partial charge in [-0.2, -0.15) is 0 Å². The van der Waals surface area contributed by atoms with Crippen LogP contribution < -0.4 is 10.5 Å². The monoisotopic (exact) mass is 403 g/mol. The molecule has 0 aliphatic heterocycles. The predicted octanol–water partition coefficient (Wildman–Crippen LogP) is 2.55. The highest BCUT2D eigenvalue weighted by atomic mass is 32.2. The van der Waals surface area contributed by atoms with Crippen molar-refractivity contribution in [2.45, 2.75) is 24.4 Å². The van der Waals surface area contributed by atoms with Crippen LogP contribution in [0.15, 0.2) is 74.8 Å². The van der Waals surface area contributed by atoms with E-state index >= 15 is 0 Å². The molecule has 0 bridgehead atoms. The number of sulfonamides is 1. The number of anilines is 1. The third-order valence-electron chi connectivity index (χ3n) is 4.02. The van der Waals surface area contributed by atoms with Gasteiger partial charge in [-0.1, -0.05) is 6.07 Å². The van der Waals surface area contributed by atoms with E-state index in [9.17, 15) is 13.2 Å². The Morgan fingerprint density at radius 2 is 1.64 bits per heavy atom. The lowest BCUT2D eigenvalue weighted by Crippen LogP contribution is -2.27. The fraction of sp³-hybridized carbons (Fsp3) is 0.211. The Bertz CT molecular complexity index is 962. The summed E-state index contributed by atoms with van der Waals surface area (Å²) in [7, 11) is -3.83. The number of hydrogen-bond acceptors (Lipinski definition) is 6. The van der Waals surface area contributed by atoms with E-state index in [2.05, 4.69) is 5.32 Å². The van der Waals surface area contributed by atoms with Crippen LogP contribution in [0.4, 0.5) is 5.69 Å². The second-order valence-electron chi connectivity index (χ2n) is 6.24. The summed E-state index contributed by atoms with van der Waals surface area (Å²) in [6.45, 7) is 1.52. The molecule has 3 N–H and O–H groups in total. The van der Waals surface area contributed by atoms with E-state index in [0.29, 0.717) is 25.3 Å². The summed E-state index contributed by atoms with van der Waals surface area (Å²) < 4.78 is 33.6. The van der Waals surface area contributed by atoms with Gasteiger partial charge in [-0.3, -0.25) is 9.69 Å². The van der Waals surface area contributed by atoms with Crippen molar-refractivity contribution in [3.63, 3.8) is 0 Å². The van der Waals surface area contributed by atoms with Crippen LogP contribution in [0.1, 0.15) is 17.9 Å². The van der Waals surface area contributed by atoms with Crippen LogP contribution in [0.2, 0.25) is 0 Å². The van der Waals surface area contributed by atoms with Gasteiger partial charge in [-0.25, -0.2) is 13.6 Å². The van der Waals surface area contributed by atoms with Crippen molar-refractivity contribution in [2.24, 2.45) is 5.14 Å². The molecule has 1 aromatic carbocycles. The summed E-state index contributed by atoms with van der Waals surface area (Å²) in [5.41, 5.74) is 0.375. The van der Waals surface area contributed by atoms with E-state index < -0.39 is 10.0 Å². The molecule has 0 unspecified atom stereocenters. The number of nitrogens with zero attached hydrogens (tertiary/aromatic N) is 1. The summed E-state index contributed by atoms with van der Waals surface area (Å²) in [5, 5.41) is 7.81. The molecule has 2 aromatic heterocycles. The van der Waals surface area contributed by atoms with Crippen LogP contribution in [0.5, 0.6) is 0 Å². The zero-order valence-corrected chi connectivity index (χ0v) is 15.9. The Labute approximate surface area is 163 Å². The summed E-state index contributed by atoms with van der Waals surface area (Å²) in [6, 6.07) is 13.2. The standard InChI is InChI=1S/C19H21N3O5S/c20-28(24,25)18-7-1-4-15(12-18)21-19(23)8-9-22(13-16-5-2-10-26-16)14-17-6-3-11-27-17/h1-7,10-12H,8-9,13-14H2,(H,21,23)(H2,20,24,25). The molecule has 0 saturated carbocycles. The minimum atomic E-state index is -3.83. The number of carbonyl (C=O) groups is 1. The average molecular weight is 403 g/mol. The third kappa shape index (κ3) is 5.81. The first-order chi connectivity index (χ1) is 13.4. The van der Waals surface area contributed by atoms with Crippen LogP contribution in [-0.4, -0.2) is 25.8 Å². The van der Waals surface area contributed by atoms with Crippen molar-refractivity contribution in [1.82, 2.24) is 4.90 Å². The van der Waals surface area contributed by atoms with Gasteiger partial charge in [0.05, 0.1) is 30.5 Å². The lowest BCUT2D eigenvalue weighted by molar-refractivity contribution is -0.116. The second kappa shape index (κ2) is 8.87. The molecule has 2 heterocycles. The first kappa shape index (κ1) is 19.9. The molecule has 9 heteroatoms. The molecule has 3 rings (SSSR count). The number of nitrogens with one attached hydrogen (secondary N) is 1. The van der Waals surface area contributed by atoms with Gasteiger partial charge in [0.15, 0.2) is 0 Å². The molecule has 1 amide bonds. The SMILES string of the molecule is NS(=O)(=O)c1cccc(NC(=O)CCN(Cc2ccco2)Cc2ccco2)c1. The van der Waals surface area contributed by atoms with E-state index in [1.807, 2.05) is 29.2 Å². The van der Waals surface area contributed by atoms with Crippen molar-refractivity contribution in [3.8, 4) is 0 Å². The number of rotatable bonds is 9. The molecular weight excluding hydrogens is 382 g/mol. The lowest BCUT2D eigenvalue weighted by Gasteiger charge is -2.19. The van der Waals surface area contributed by atoms with Gasteiger partial charge in [0, 0.05) is 18.7 Å². The summed E-state index contributed by atoms with van der Waals surface area (Å²) in [4.78, 5) is 14.3. The van der Waals surface area contributed by atoms with Gasteiger partial charge in [0.25, 0.3) is 0 Å². The topological polar surface area (TPSA) is 119 Å². The van der Waals surface area contributed by atoms with Crippen molar-refractivity contribution >= 4 is 21.6 Å². The van der Waals surface area contributed by atoms with E-state index in [0.717, 1.165) is 11.5 Å². The fourth-order valence-electron chi connectivity index (χ4n) is 2.69. The number of primary sulfonamides is 1. The summed E-state index contributed by atoms with van der Waals surface area (Å²) in [5.74, 6) is 1.33. The largest absolute Gasteiger partial charge is 0.468 e. The summed E-state index contributed by atoms with van der Waals surface area (Å²) >= 11 is 0. The van der Waals surface area contributed by atoms with E-state index in [-0.39, 0.29) is 17.2 Å². The Morgan fingerprint density at radius 3 is 2.18 bits per heavy atom. The van der Waals surface area contributed by atoms with Crippen LogP contribution in [0.3, 0.4) is 0 Å².